The van der Waals surface area contributed by atoms with Gasteiger partial charge >= 0.3 is 5.97 Å². The molecule has 0 saturated carbocycles. The molecule has 2 aromatic heterocycles. The number of thiazole rings is 1. The summed E-state index contributed by atoms with van der Waals surface area (Å²) in [6, 6.07) is 11.9. The zero-order valence-corrected chi connectivity index (χ0v) is 26.4. The zero-order chi connectivity index (χ0) is 30.8. The number of benzene rings is 2. The molecule has 1 aliphatic rings. The number of carbonyl (C=O) groups excluding carboxylic acids is 1. The van der Waals surface area contributed by atoms with E-state index in [0.29, 0.717) is 65.8 Å². The Kier molecular flexibility index (Phi) is 9.00. The smallest absolute Gasteiger partial charge is 0.338 e. The Hall–Kier alpha value is -4.00. The average molecular weight is 687 g/mol. The molecule has 4 aromatic rings. The lowest BCUT2D eigenvalue weighted by Crippen LogP contribution is -2.40. The van der Waals surface area contributed by atoms with Gasteiger partial charge in [-0.25, -0.2) is 9.79 Å². The number of carbonyl (C=O) groups is 1. The third-order valence-electron chi connectivity index (χ3n) is 6.71. The molecule has 3 heterocycles. The maximum absolute atomic E-state index is 14.0. The van der Waals surface area contributed by atoms with Crippen LogP contribution >= 0.6 is 38.9 Å². The third kappa shape index (κ3) is 5.95. The number of nitrogens with zero attached hydrogens (tertiary/aromatic N) is 3. The average Bonchev–Trinajstić information content (AvgIpc) is 3.56. The lowest BCUT2D eigenvalue weighted by Gasteiger charge is -2.27. The molecule has 0 aliphatic carbocycles. The van der Waals surface area contributed by atoms with E-state index < -0.39 is 16.9 Å². The number of hydrogen-bond acceptors (Lipinski definition) is 9. The van der Waals surface area contributed by atoms with Crippen LogP contribution in [-0.2, 0) is 9.53 Å². The Balaban J connectivity index is 1.68. The zero-order valence-electron chi connectivity index (χ0n) is 23.3. The van der Waals surface area contributed by atoms with Gasteiger partial charge in [0.15, 0.2) is 4.80 Å². The van der Waals surface area contributed by atoms with E-state index in [2.05, 4.69) is 15.9 Å². The summed E-state index contributed by atoms with van der Waals surface area (Å²) in [5.41, 5.74) is 1.48. The first-order valence-corrected chi connectivity index (χ1v) is 15.2. The number of esters is 1. The summed E-state index contributed by atoms with van der Waals surface area (Å²) in [5, 5.41) is 11.5. The van der Waals surface area contributed by atoms with Crippen LogP contribution in [0.25, 0.3) is 17.4 Å². The molecule has 222 valence electrons. The van der Waals surface area contributed by atoms with E-state index in [-0.39, 0.29) is 23.4 Å². The molecule has 13 heteroatoms. The van der Waals surface area contributed by atoms with Gasteiger partial charge in [-0.2, -0.15) is 0 Å². The van der Waals surface area contributed by atoms with E-state index in [1.807, 2.05) is 6.92 Å². The van der Waals surface area contributed by atoms with Crippen molar-refractivity contribution in [3.8, 4) is 17.1 Å². The van der Waals surface area contributed by atoms with Crippen LogP contribution in [0.4, 0.5) is 5.69 Å². The molecule has 0 bridgehead atoms. The Labute approximate surface area is 262 Å². The SMILES string of the molecule is CCCC1=C(C(=O)OCC)[C@@H](c2cc(Cl)ccc2OC)n2c(s/c(=C/c3ccc(-c4ccc([N+](=O)[O-])cc4Br)o3)c2=O)=N1. The number of nitro groups is 1. The number of methoxy groups -OCH3 is 1. The number of non-ortho nitro benzene ring substituents is 1. The number of rotatable bonds is 9. The van der Waals surface area contributed by atoms with Crippen molar-refractivity contribution in [2.24, 2.45) is 4.99 Å². The van der Waals surface area contributed by atoms with Gasteiger partial charge in [0.05, 0.1) is 34.4 Å². The van der Waals surface area contributed by atoms with Crippen LogP contribution in [0.5, 0.6) is 5.75 Å². The van der Waals surface area contributed by atoms with E-state index >= 15 is 0 Å². The van der Waals surface area contributed by atoms with Crippen molar-refractivity contribution >= 4 is 56.6 Å². The predicted molar refractivity (Wildman–Crippen MR) is 166 cm³/mol. The lowest BCUT2D eigenvalue weighted by molar-refractivity contribution is -0.384. The van der Waals surface area contributed by atoms with Crippen molar-refractivity contribution in [1.29, 1.82) is 0 Å². The maximum Gasteiger partial charge on any atom is 0.338 e. The first-order valence-electron chi connectivity index (χ1n) is 13.3. The highest BCUT2D eigenvalue weighted by molar-refractivity contribution is 9.10. The Morgan fingerprint density at radius 3 is 2.70 bits per heavy atom. The molecule has 1 aliphatic heterocycles. The van der Waals surface area contributed by atoms with Gasteiger partial charge in [-0.05, 0) is 65.7 Å². The number of halogens is 2. The summed E-state index contributed by atoms with van der Waals surface area (Å²) in [7, 11) is 1.51. The van der Waals surface area contributed by atoms with E-state index in [0.717, 1.165) is 0 Å². The monoisotopic (exact) mass is 685 g/mol. The van der Waals surface area contributed by atoms with Crippen LogP contribution in [0.1, 0.15) is 44.1 Å². The van der Waals surface area contributed by atoms with Gasteiger partial charge in [0, 0.05) is 38.8 Å². The van der Waals surface area contributed by atoms with E-state index in [4.69, 9.17) is 30.5 Å². The highest BCUT2D eigenvalue weighted by atomic mass is 79.9. The number of nitro benzene ring substituents is 1. The van der Waals surface area contributed by atoms with Crippen LogP contribution in [0.15, 0.2) is 78.5 Å². The quantitative estimate of drug-likeness (QED) is 0.117. The minimum absolute atomic E-state index is 0.0565. The van der Waals surface area contributed by atoms with Gasteiger partial charge < -0.3 is 13.9 Å². The Morgan fingerprint density at radius 2 is 2.02 bits per heavy atom. The van der Waals surface area contributed by atoms with E-state index in [1.165, 1.54) is 35.1 Å². The fraction of sp³-hybridized carbons (Fsp3) is 0.233. The molecular weight excluding hydrogens is 662 g/mol. The van der Waals surface area contributed by atoms with Gasteiger partial charge in [0.2, 0.25) is 0 Å². The minimum Gasteiger partial charge on any atom is -0.496 e. The number of furan rings is 1. The van der Waals surface area contributed by atoms with Crippen molar-refractivity contribution < 1.29 is 23.6 Å². The van der Waals surface area contributed by atoms with Crippen LogP contribution in [-0.4, -0.2) is 29.2 Å². The summed E-state index contributed by atoms with van der Waals surface area (Å²) in [6.07, 6.45) is 2.81. The normalized spacial score (nSPS) is 14.8. The fourth-order valence-electron chi connectivity index (χ4n) is 4.86. The number of fused-ring (bicyclic) bond motifs is 1. The summed E-state index contributed by atoms with van der Waals surface area (Å²) in [4.78, 5) is 43.2. The Morgan fingerprint density at radius 1 is 1.23 bits per heavy atom. The van der Waals surface area contributed by atoms with Gasteiger partial charge in [0.25, 0.3) is 11.2 Å². The highest BCUT2D eigenvalue weighted by Crippen LogP contribution is 2.38. The van der Waals surface area contributed by atoms with Crippen molar-refractivity contribution in [2.75, 3.05) is 13.7 Å². The van der Waals surface area contributed by atoms with Crippen LogP contribution in [0.2, 0.25) is 5.02 Å². The molecule has 2 aromatic carbocycles. The summed E-state index contributed by atoms with van der Waals surface area (Å²) in [6.45, 7) is 3.85. The van der Waals surface area contributed by atoms with Gasteiger partial charge in [0.1, 0.15) is 23.3 Å². The molecule has 43 heavy (non-hydrogen) atoms. The molecule has 10 nitrogen and oxygen atoms in total. The largest absolute Gasteiger partial charge is 0.496 e. The molecule has 0 saturated heterocycles. The second-order valence-corrected chi connectivity index (χ2v) is 11.7. The van der Waals surface area contributed by atoms with Crippen LogP contribution < -0.4 is 19.6 Å². The topological polar surface area (TPSA) is 126 Å². The molecule has 0 amide bonds. The first-order chi connectivity index (χ1) is 20.7. The second-order valence-electron chi connectivity index (χ2n) is 9.42. The molecule has 5 rings (SSSR count). The fourth-order valence-corrected chi connectivity index (χ4v) is 6.60. The van der Waals surface area contributed by atoms with Gasteiger partial charge in [-0.1, -0.05) is 36.3 Å². The standard InChI is InChI=1S/C30H25BrClN3O7S/c1-4-6-22-26(29(37)41-5-2)27(20-13-16(32)7-11-23(20)40-3)34-28(36)25(43-30(34)33-22)15-18-9-12-24(42-18)19-10-8-17(35(38)39)14-21(19)31/h7-15,27H,4-6H2,1-3H3/b25-15+/t27-/m1/s1. The van der Waals surface area contributed by atoms with Crippen molar-refractivity contribution in [1.82, 2.24) is 4.57 Å². The van der Waals surface area contributed by atoms with E-state index in [9.17, 15) is 19.7 Å². The minimum atomic E-state index is -0.893. The maximum atomic E-state index is 14.0. The molecule has 0 fully saturated rings. The number of allylic oxidation sites excluding steroid dienone is 1. The van der Waals surface area contributed by atoms with E-state index in [1.54, 1.807) is 49.4 Å². The highest BCUT2D eigenvalue weighted by Gasteiger charge is 2.36. The first kappa shape index (κ1) is 30.5. The van der Waals surface area contributed by atoms with Crippen LogP contribution in [0, 0.1) is 10.1 Å². The van der Waals surface area contributed by atoms with Gasteiger partial charge in [-0.15, -0.1) is 0 Å². The summed E-state index contributed by atoms with van der Waals surface area (Å²) < 4.78 is 19.4. The molecule has 0 N–H and O–H groups in total. The summed E-state index contributed by atoms with van der Waals surface area (Å²) >= 11 is 10.9. The Bertz CT molecular complexity index is 1960. The van der Waals surface area contributed by atoms with Crippen molar-refractivity contribution in [3.05, 3.63) is 110 Å². The molecule has 1 atom stereocenters. The predicted octanol–water partition coefficient (Wildman–Crippen LogP) is 6.17. The van der Waals surface area contributed by atoms with Crippen LogP contribution in [0.3, 0.4) is 0 Å². The van der Waals surface area contributed by atoms with Crippen molar-refractivity contribution in [3.63, 3.8) is 0 Å². The second kappa shape index (κ2) is 12.7. The number of hydrogen-bond donors (Lipinski definition) is 0. The number of aromatic nitrogens is 1. The third-order valence-corrected chi connectivity index (χ3v) is 8.58. The molecule has 0 spiro atoms. The lowest BCUT2D eigenvalue weighted by atomic mass is 9.93. The molecule has 0 radical (unpaired) electrons. The van der Waals surface area contributed by atoms with Crippen molar-refractivity contribution in [2.45, 2.75) is 32.7 Å². The molecular formula is C30H25BrClN3O7S. The molecule has 0 unspecified atom stereocenters. The number of ether oxygens (including phenoxy) is 2. The van der Waals surface area contributed by atoms with Gasteiger partial charge in [-0.3, -0.25) is 19.5 Å². The summed E-state index contributed by atoms with van der Waals surface area (Å²) in [5.74, 6) is 0.728.